The van der Waals surface area contributed by atoms with Gasteiger partial charge in [0.05, 0.1) is 27.7 Å². The number of carbonyl (C=O) groups is 1. The molecule has 0 amide bonds. The minimum absolute atomic E-state index is 0.0697. The minimum Gasteiger partial charge on any atom is -0.298 e. The quantitative estimate of drug-likeness (QED) is 0.802. The van der Waals surface area contributed by atoms with Gasteiger partial charge in [0.15, 0.2) is 6.29 Å². The van der Waals surface area contributed by atoms with Gasteiger partial charge in [-0.15, -0.1) is 0 Å². The molecule has 5 heteroatoms. The predicted octanol–water partition coefficient (Wildman–Crippen LogP) is 3.60. The molecule has 1 aromatic heterocycles. The number of aryl methyl sites for hydroxylation is 1. The van der Waals surface area contributed by atoms with Gasteiger partial charge in [0.25, 0.3) is 0 Å². The Morgan fingerprint density at radius 3 is 2.63 bits per heavy atom. The molecule has 0 spiro atoms. The van der Waals surface area contributed by atoms with Crippen LogP contribution in [0.4, 0.5) is 4.39 Å². The minimum atomic E-state index is -0.498. The maximum absolute atomic E-state index is 13.5. The van der Waals surface area contributed by atoms with E-state index >= 15 is 0 Å². The molecule has 100 valence electrons. The lowest BCUT2D eigenvalue weighted by Gasteiger charge is -2.06. The van der Waals surface area contributed by atoms with Crippen molar-refractivity contribution in [2.45, 2.75) is 26.7 Å². The van der Waals surface area contributed by atoms with Crippen LogP contribution in [0.3, 0.4) is 0 Å². The van der Waals surface area contributed by atoms with E-state index in [1.54, 1.807) is 10.7 Å². The second-order valence-corrected chi connectivity index (χ2v) is 4.55. The van der Waals surface area contributed by atoms with Crippen molar-refractivity contribution >= 4 is 17.9 Å². The topological polar surface area (TPSA) is 34.9 Å². The van der Waals surface area contributed by atoms with Gasteiger partial charge < -0.3 is 0 Å². The monoisotopic (exact) mass is 280 g/mol. The Morgan fingerprint density at radius 1 is 1.37 bits per heavy atom. The molecule has 0 aliphatic carbocycles. The summed E-state index contributed by atoms with van der Waals surface area (Å²) in [6.07, 6.45) is 2.11. The van der Waals surface area contributed by atoms with Crippen LogP contribution in [0.25, 0.3) is 5.69 Å². The highest BCUT2D eigenvalue weighted by atomic mass is 35.5. The van der Waals surface area contributed by atoms with Crippen LogP contribution in [0.15, 0.2) is 18.2 Å². The smallest absolute Gasteiger partial charge is 0.153 e. The van der Waals surface area contributed by atoms with E-state index in [0.717, 1.165) is 17.7 Å². The number of halogens is 2. The summed E-state index contributed by atoms with van der Waals surface area (Å²) in [5.41, 5.74) is 2.68. The van der Waals surface area contributed by atoms with Gasteiger partial charge in [-0.2, -0.15) is 5.10 Å². The highest BCUT2D eigenvalue weighted by molar-refractivity contribution is 6.30. The molecular weight excluding hydrogens is 267 g/mol. The summed E-state index contributed by atoms with van der Waals surface area (Å²) in [6, 6.07) is 4.49. The standard InChI is InChI=1S/C14H14ClFN2O/c1-3-13-10(8-19)14(4-2)18(17-13)9-5-6-11(15)12(16)7-9/h5-8H,3-4H2,1-2H3. The average Bonchev–Trinajstić information content (AvgIpc) is 2.79. The number of aldehydes is 1. The van der Waals surface area contributed by atoms with E-state index in [9.17, 15) is 9.18 Å². The van der Waals surface area contributed by atoms with Gasteiger partial charge in [0.2, 0.25) is 0 Å². The highest BCUT2D eigenvalue weighted by Crippen LogP contribution is 2.22. The van der Waals surface area contributed by atoms with Gasteiger partial charge in [-0.3, -0.25) is 4.79 Å². The molecular formula is C14H14ClFN2O. The lowest BCUT2D eigenvalue weighted by atomic mass is 10.1. The van der Waals surface area contributed by atoms with E-state index in [1.807, 2.05) is 13.8 Å². The zero-order chi connectivity index (χ0) is 14.0. The van der Waals surface area contributed by atoms with Crippen LogP contribution in [0.5, 0.6) is 0 Å². The summed E-state index contributed by atoms with van der Waals surface area (Å²) < 4.78 is 15.1. The Hall–Kier alpha value is -1.68. The number of rotatable bonds is 4. The van der Waals surface area contributed by atoms with Crippen molar-refractivity contribution in [1.29, 1.82) is 0 Å². The van der Waals surface area contributed by atoms with Crippen LogP contribution in [0.1, 0.15) is 35.6 Å². The normalized spacial score (nSPS) is 10.7. The third-order valence-electron chi connectivity index (χ3n) is 3.03. The fourth-order valence-electron chi connectivity index (χ4n) is 2.08. The van der Waals surface area contributed by atoms with Crippen LogP contribution >= 0.6 is 11.6 Å². The largest absolute Gasteiger partial charge is 0.298 e. The van der Waals surface area contributed by atoms with Gasteiger partial charge in [-0.25, -0.2) is 9.07 Å². The van der Waals surface area contributed by atoms with Gasteiger partial charge in [-0.1, -0.05) is 25.4 Å². The molecule has 0 radical (unpaired) electrons. The van der Waals surface area contributed by atoms with E-state index < -0.39 is 5.82 Å². The molecule has 19 heavy (non-hydrogen) atoms. The van der Waals surface area contributed by atoms with Gasteiger partial charge in [0, 0.05) is 6.07 Å². The molecule has 2 rings (SSSR count). The highest BCUT2D eigenvalue weighted by Gasteiger charge is 2.16. The van der Waals surface area contributed by atoms with Crippen molar-refractivity contribution in [1.82, 2.24) is 9.78 Å². The molecule has 0 saturated heterocycles. The van der Waals surface area contributed by atoms with Crippen molar-refractivity contribution in [2.24, 2.45) is 0 Å². The second kappa shape index (κ2) is 5.53. The third kappa shape index (κ3) is 2.40. The van der Waals surface area contributed by atoms with Crippen molar-refractivity contribution < 1.29 is 9.18 Å². The van der Waals surface area contributed by atoms with E-state index in [-0.39, 0.29) is 5.02 Å². The Bertz CT molecular complexity index is 622. The molecule has 0 bridgehead atoms. The van der Waals surface area contributed by atoms with E-state index in [4.69, 9.17) is 11.6 Å². The van der Waals surface area contributed by atoms with Crippen LogP contribution in [0.2, 0.25) is 5.02 Å². The fourth-order valence-corrected chi connectivity index (χ4v) is 2.20. The molecule has 0 unspecified atom stereocenters. The number of hydrogen-bond donors (Lipinski definition) is 0. The lowest BCUT2D eigenvalue weighted by Crippen LogP contribution is -2.03. The average molecular weight is 281 g/mol. The Labute approximate surface area is 116 Å². The number of nitrogens with zero attached hydrogens (tertiary/aromatic N) is 2. The first-order chi connectivity index (χ1) is 9.12. The molecule has 1 aromatic carbocycles. The summed E-state index contributed by atoms with van der Waals surface area (Å²) in [4.78, 5) is 11.2. The number of carbonyl (C=O) groups excluding carboxylic acids is 1. The van der Waals surface area contributed by atoms with E-state index in [2.05, 4.69) is 5.10 Å². The van der Waals surface area contributed by atoms with Crippen LogP contribution < -0.4 is 0 Å². The molecule has 0 fully saturated rings. The van der Waals surface area contributed by atoms with Crippen molar-refractivity contribution in [3.8, 4) is 5.69 Å². The first kappa shape index (κ1) is 13.7. The Balaban J connectivity index is 2.64. The fraction of sp³-hybridized carbons (Fsp3) is 0.286. The van der Waals surface area contributed by atoms with Gasteiger partial charge >= 0.3 is 0 Å². The molecule has 0 aliphatic heterocycles. The second-order valence-electron chi connectivity index (χ2n) is 4.14. The van der Waals surface area contributed by atoms with Crippen LogP contribution in [0, 0.1) is 5.82 Å². The molecule has 3 nitrogen and oxygen atoms in total. The summed E-state index contributed by atoms with van der Waals surface area (Å²) in [5, 5.41) is 4.46. The van der Waals surface area contributed by atoms with Crippen LogP contribution in [-0.4, -0.2) is 16.1 Å². The zero-order valence-electron chi connectivity index (χ0n) is 10.8. The Morgan fingerprint density at radius 2 is 2.11 bits per heavy atom. The van der Waals surface area contributed by atoms with E-state index in [1.165, 1.54) is 12.1 Å². The summed E-state index contributed by atoms with van der Waals surface area (Å²) >= 11 is 5.67. The lowest BCUT2D eigenvalue weighted by molar-refractivity contribution is 0.112. The van der Waals surface area contributed by atoms with Crippen molar-refractivity contribution in [3.05, 3.63) is 46.0 Å². The third-order valence-corrected chi connectivity index (χ3v) is 3.34. The number of hydrogen-bond acceptors (Lipinski definition) is 2. The molecule has 1 heterocycles. The molecule has 0 saturated carbocycles. The SMILES string of the molecule is CCc1nn(-c2ccc(Cl)c(F)c2)c(CC)c1C=O. The summed E-state index contributed by atoms with van der Waals surface area (Å²) in [5.74, 6) is -0.498. The number of benzene rings is 1. The molecule has 0 aliphatic rings. The summed E-state index contributed by atoms with van der Waals surface area (Å²) in [7, 11) is 0. The number of aromatic nitrogens is 2. The molecule has 2 aromatic rings. The van der Waals surface area contributed by atoms with Gasteiger partial charge in [0.1, 0.15) is 5.82 Å². The first-order valence-corrected chi connectivity index (χ1v) is 6.51. The maximum Gasteiger partial charge on any atom is 0.153 e. The molecule has 0 atom stereocenters. The first-order valence-electron chi connectivity index (χ1n) is 6.13. The maximum atomic E-state index is 13.5. The van der Waals surface area contributed by atoms with Crippen molar-refractivity contribution in [3.63, 3.8) is 0 Å². The summed E-state index contributed by atoms with van der Waals surface area (Å²) in [6.45, 7) is 3.87. The predicted molar refractivity (Wildman–Crippen MR) is 72.7 cm³/mol. The van der Waals surface area contributed by atoms with Crippen LogP contribution in [-0.2, 0) is 12.8 Å². The zero-order valence-corrected chi connectivity index (χ0v) is 11.5. The van der Waals surface area contributed by atoms with Crippen molar-refractivity contribution in [2.75, 3.05) is 0 Å². The Kier molecular flexibility index (Phi) is 4.00. The molecule has 0 N–H and O–H groups in total. The van der Waals surface area contributed by atoms with Gasteiger partial charge in [-0.05, 0) is 25.0 Å². The van der Waals surface area contributed by atoms with E-state index in [0.29, 0.717) is 24.1 Å².